The first-order valence-electron chi connectivity index (χ1n) is 8.41. The van der Waals surface area contributed by atoms with Crippen LogP contribution in [0.4, 0.5) is 0 Å². The molecule has 27 heavy (non-hydrogen) atoms. The highest BCUT2D eigenvalue weighted by atomic mass is 32.2. The number of H-pyrrole nitrogens is 1. The molecular weight excluding hydrogens is 372 g/mol. The SMILES string of the molecule is COc1ccc(S(=O)(=O)N2CCC(NC(=O)c3ccc(=O)[nH]n3)CC2)cc1. The number of methoxy groups -OCH3 is 1. The molecule has 1 aliphatic heterocycles. The van der Waals surface area contributed by atoms with Crippen LogP contribution < -0.4 is 15.6 Å². The van der Waals surface area contributed by atoms with E-state index in [2.05, 4.69) is 15.5 Å². The van der Waals surface area contributed by atoms with Crippen LogP contribution in [0, 0.1) is 0 Å². The summed E-state index contributed by atoms with van der Waals surface area (Å²) in [5.41, 5.74) is -0.272. The minimum Gasteiger partial charge on any atom is -0.497 e. The van der Waals surface area contributed by atoms with Crippen LogP contribution in [0.5, 0.6) is 5.75 Å². The topological polar surface area (TPSA) is 121 Å². The van der Waals surface area contributed by atoms with E-state index in [0.29, 0.717) is 31.7 Å². The third-order valence-corrected chi connectivity index (χ3v) is 6.31. The van der Waals surface area contributed by atoms with Crippen LogP contribution in [0.3, 0.4) is 0 Å². The van der Waals surface area contributed by atoms with Crippen molar-refractivity contribution in [2.45, 2.75) is 23.8 Å². The number of carbonyl (C=O) groups excluding carboxylic acids is 1. The molecular formula is C17H20N4O5S. The Morgan fingerprint density at radius 2 is 1.85 bits per heavy atom. The lowest BCUT2D eigenvalue weighted by Gasteiger charge is -2.31. The quantitative estimate of drug-likeness (QED) is 0.758. The fraction of sp³-hybridized carbons (Fsp3) is 0.353. The number of nitrogens with one attached hydrogen (secondary N) is 2. The summed E-state index contributed by atoms with van der Waals surface area (Å²) in [6.07, 6.45) is 0.981. The summed E-state index contributed by atoms with van der Waals surface area (Å²) in [6.45, 7) is 0.608. The Morgan fingerprint density at radius 3 is 2.41 bits per heavy atom. The van der Waals surface area contributed by atoms with Gasteiger partial charge in [-0.1, -0.05) is 0 Å². The standard InChI is InChI=1S/C17H20N4O5S/c1-26-13-2-4-14(5-3-13)27(24,25)21-10-8-12(9-11-21)18-17(23)15-6-7-16(22)20-19-15/h2-7,12H,8-11H2,1H3,(H,18,23)(H,20,22). The third-order valence-electron chi connectivity index (χ3n) is 4.40. The first-order valence-corrected chi connectivity index (χ1v) is 9.85. The van der Waals surface area contributed by atoms with Gasteiger partial charge in [-0.15, -0.1) is 0 Å². The monoisotopic (exact) mass is 392 g/mol. The second-order valence-electron chi connectivity index (χ2n) is 6.13. The van der Waals surface area contributed by atoms with Crippen molar-refractivity contribution in [2.75, 3.05) is 20.2 Å². The van der Waals surface area contributed by atoms with Crippen LogP contribution >= 0.6 is 0 Å². The van der Waals surface area contributed by atoms with Crippen molar-refractivity contribution in [3.63, 3.8) is 0 Å². The summed E-state index contributed by atoms with van der Waals surface area (Å²) < 4.78 is 31.9. The first-order chi connectivity index (χ1) is 12.9. The first kappa shape index (κ1) is 19.1. The van der Waals surface area contributed by atoms with Crippen LogP contribution in [-0.4, -0.2) is 55.1 Å². The van der Waals surface area contributed by atoms with Crippen molar-refractivity contribution < 1.29 is 17.9 Å². The summed E-state index contributed by atoms with van der Waals surface area (Å²) in [5, 5.41) is 8.71. The molecule has 0 saturated carbocycles. The van der Waals surface area contributed by atoms with E-state index >= 15 is 0 Å². The molecule has 1 aromatic heterocycles. The van der Waals surface area contributed by atoms with Crippen molar-refractivity contribution >= 4 is 15.9 Å². The summed E-state index contributed by atoms with van der Waals surface area (Å²) in [5.74, 6) is 0.189. The highest BCUT2D eigenvalue weighted by molar-refractivity contribution is 7.89. The average molecular weight is 392 g/mol. The van der Waals surface area contributed by atoms with Crippen molar-refractivity contribution in [1.29, 1.82) is 0 Å². The van der Waals surface area contributed by atoms with E-state index in [-0.39, 0.29) is 22.2 Å². The third kappa shape index (κ3) is 4.34. The highest BCUT2D eigenvalue weighted by Crippen LogP contribution is 2.22. The zero-order chi connectivity index (χ0) is 19.4. The van der Waals surface area contributed by atoms with Gasteiger partial charge in [0.25, 0.3) is 11.5 Å². The van der Waals surface area contributed by atoms with E-state index in [4.69, 9.17) is 4.74 Å². The molecule has 10 heteroatoms. The number of hydrogen-bond acceptors (Lipinski definition) is 6. The lowest BCUT2D eigenvalue weighted by molar-refractivity contribution is 0.0917. The number of sulfonamides is 1. The molecule has 2 N–H and O–H groups in total. The van der Waals surface area contributed by atoms with Gasteiger partial charge in [-0.3, -0.25) is 9.59 Å². The number of benzene rings is 1. The van der Waals surface area contributed by atoms with Gasteiger partial charge in [0, 0.05) is 25.2 Å². The molecule has 144 valence electrons. The number of aromatic nitrogens is 2. The van der Waals surface area contributed by atoms with Crippen LogP contribution in [0.2, 0.25) is 0 Å². The second-order valence-corrected chi connectivity index (χ2v) is 8.07. The van der Waals surface area contributed by atoms with Gasteiger partial charge >= 0.3 is 0 Å². The van der Waals surface area contributed by atoms with Crippen LogP contribution in [-0.2, 0) is 10.0 Å². The number of ether oxygens (including phenoxy) is 1. The minimum atomic E-state index is -3.58. The summed E-state index contributed by atoms with van der Waals surface area (Å²) in [6, 6.07) is 8.67. The molecule has 0 spiro atoms. The average Bonchev–Trinajstić information content (AvgIpc) is 2.69. The number of amides is 1. The molecule has 1 saturated heterocycles. The maximum absolute atomic E-state index is 12.7. The number of carbonyl (C=O) groups is 1. The number of rotatable bonds is 5. The number of aromatic amines is 1. The van der Waals surface area contributed by atoms with E-state index in [0.717, 1.165) is 0 Å². The molecule has 0 aliphatic carbocycles. The van der Waals surface area contributed by atoms with Crippen molar-refractivity contribution in [2.24, 2.45) is 0 Å². The van der Waals surface area contributed by atoms with Crippen molar-refractivity contribution in [3.8, 4) is 5.75 Å². The van der Waals surface area contributed by atoms with E-state index in [9.17, 15) is 18.0 Å². The van der Waals surface area contributed by atoms with Crippen LogP contribution in [0.15, 0.2) is 46.1 Å². The zero-order valence-electron chi connectivity index (χ0n) is 14.7. The smallest absolute Gasteiger partial charge is 0.271 e. The zero-order valence-corrected chi connectivity index (χ0v) is 15.5. The molecule has 2 aromatic rings. The van der Waals surface area contributed by atoms with E-state index in [1.807, 2.05) is 0 Å². The molecule has 3 rings (SSSR count). The Hall–Kier alpha value is -2.72. The molecule has 1 amide bonds. The van der Waals surface area contributed by atoms with Crippen molar-refractivity contribution in [1.82, 2.24) is 19.8 Å². The molecule has 0 bridgehead atoms. The van der Waals surface area contributed by atoms with E-state index < -0.39 is 15.9 Å². The normalized spacial score (nSPS) is 16.0. The maximum atomic E-state index is 12.7. The second kappa shape index (κ2) is 7.89. The predicted molar refractivity (Wildman–Crippen MR) is 97.1 cm³/mol. The van der Waals surface area contributed by atoms with Gasteiger partial charge in [-0.25, -0.2) is 13.5 Å². The van der Waals surface area contributed by atoms with Gasteiger partial charge in [0.2, 0.25) is 10.0 Å². The molecule has 0 unspecified atom stereocenters. The molecule has 9 nitrogen and oxygen atoms in total. The number of piperidine rings is 1. The number of nitrogens with zero attached hydrogens (tertiary/aromatic N) is 2. The van der Waals surface area contributed by atoms with E-state index in [1.54, 1.807) is 12.1 Å². The van der Waals surface area contributed by atoms with Gasteiger partial charge in [0.1, 0.15) is 11.4 Å². The Kier molecular flexibility index (Phi) is 5.57. The van der Waals surface area contributed by atoms with Gasteiger partial charge in [-0.2, -0.15) is 9.40 Å². The Labute approximate surface area is 156 Å². The molecule has 2 heterocycles. The predicted octanol–water partition coefficient (Wildman–Crippen LogP) is 0.362. The van der Waals surface area contributed by atoms with Gasteiger partial charge in [0.15, 0.2) is 0 Å². The van der Waals surface area contributed by atoms with Crippen molar-refractivity contribution in [3.05, 3.63) is 52.4 Å². The Balaban J connectivity index is 1.59. The largest absolute Gasteiger partial charge is 0.497 e. The number of hydrogen-bond donors (Lipinski definition) is 2. The molecule has 1 fully saturated rings. The lowest BCUT2D eigenvalue weighted by Crippen LogP contribution is -2.46. The Morgan fingerprint density at radius 1 is 1.19 bits per heavy atom. The molecule has 0 radical (unpaired) electrons. The van der Waals surface area contributed by atoms with Gasteiger partial charge in [0.05, 0.1) is 12.0 Å². The highest BCUT2D eigenvalue weighted by Gasteiger charge is 2.30. The molecule has 0 atom stereocenters. The lowest BCUT2D eigenvalue weighted by atomic mass is 10.1. The summed E-state index contributed by atoms with van der Waals surface area (Å²) >= 11 is 0. The fourth-order valence-electron chi connectivity index (χ4n) is 2.87. The van der Waals surface area contributed by atoms with E-state index in [1.165, 1.54) is 35.7 Å². The molecule has 1 aromatic carbocycles. The van der Waals surface area contributed by atoms with Gasteiger partial charge < -0.3 is 10.1 Å². The van der Waals surface area contributed by atoms with Gasteiger partial charge in [-0.05, 0) is 43.2 Å². The summed E-state index contributed by atoms with van der Waals surface area (Å²) in [7, 11) is -2.06. The molecule has 1 aliphatic rings. The van der Waals surface area contributed by atoms with Crippen LogP contribution in [0.25, 0.3) is 0 Å². The summed E-state index contributed by atoms with van der Waals surface area (Å²) in [4.78, 5) is 23.4. The fourth-order valence-corrected chi connectivity index (χ4v) is 4.34. The Bertz CT molecular complexity index is 943. The maximum Gasteiger partial charge on any atom is 0.271 e. The minimum absolute atomic E-state index is 0.114. The van der Waals surface area contributed by atoms with Crippen LogP contribution in [0.1, 0.15) is 23.3 Å².